The Bertz CT molecular complexity index is 692. The van der Waals surface area contributed by atoms with Gasteiger partial charge in [-0.15, -0.1) is 0 Å². The lowest BCUT2D eigenvalue weighted by molar-refractivity contribution is 0.102. The lowest BCUT2D eigenvalue weighted by Gasteiger charge is -2.08. The van der Waals surface area contributed by atoms with Crippen LogP contribution in [0.25, 0.3) is 0 Å². The Morgan fingerprint density at radius 3 is 2.70 bits per heavy atom. The average Bonchev–Trinajstić information content (AvgIpc) is 2.85. The molecule has 0 aliphatic rings. The molecule has 2 rings (SSSR count). The van der Waals surface area contributed by atoms with Crippen LogP contribution in [0.5, 0.6) is 0 Å². The predicted molar refractivity (Wildman–Crippen MR) is 82.2 cm³/mol. The predicted octanol–water partition coefficient (Wildman–Crippen LogP) is 2.96. The highest BCUT2D eigenvalue weighted by molar-refractivity contribution is 7.08. The Balaban J connectivity index is 2.18. The third-order valence-corrected chi connectivity index (χ3v) is 3.75. The number of aryl methyl sites for hydroxylation is 2. The van der Waals surface area contributed by atoms with Gasteiger partial charge in [0.05, 0.1) is 5.56 Å². The van der Waals surface area contributed by atoms with Crippen LogP contribution in [-0.2, 0) is 0 Å². The molecule has 1 amide bonds. The number of nitrogens with one attached hydrogen (secondary N) is 1. The van der Waals surface area contributed by atoms with Gasteiger partial charge in [0, 0.05) is 16.6 Å². The van der Waals surface area contributed by atoms with Crippen LogP contribution in [0.1, 0.15) is 27.0 Å². The molecule has 1 aromatic heterocycles. The van der Waals surface area contributed by atoms with Gasteiger partial charge in [0.1, 0.15) is 6.61 Å². The largest absolute Gasteiger partial charge is 0.384 e. The molecule has 0 radical (unpaired) electrons. The van der Waals surface area contributed by atoms with E-state index in [9.17, 15) is 4.79 Å². The summed E-state index contributed by atoms with van der Waals surface area (Å²) in [4.78, 5) is 12.1. The molecule has 4 heteroatoms. The minimum Gasteiger partial charge on any atom is -0.384 e. The number of carbonyl (C=O) groups is 1. The molecule has 102 valence electrons. The first-order valence-corrected chi connectivity index (χ1v) is 7.10. The fourth-order valence-electron chi connectivity index (χ4n) is 1.81. The normalized spacial score (nSPS) is 9.75. The van der Waals surface area contributed by atoms with E-state index in [4.69, 9.17) is 5.11 Å². The molecule has 0 aliphatic carbocycles. The first-order valence-electron chi connectivity index (χ1n) is 6.16. The van der Waals surface area contributed by atoms with Crippen LogP contribution in [0.2, 0.25) is 0 Å². The van der Waals surface area contributed by atoms with Crippen LogP contribution in [0.3, 0.4) is 0 Å². The highest BCUT2D eigenvalue weighted by Crippen LogP contribution is 2.19. The molecular weight excluding hydrogens is 270 g/mol. The number of hydrogen-bond acceptors (Lipinski definition) is 3. The summed E-state index contributed by atoms with van der Waals surface area (Å²) < 4.78 is 0. The summed E-state index contributed by atoms with van der Waals surface area (Å²) in [5, 5.41) is 15.4. The van der Waals surface area contributed by atoms with E-state index in [0.717, 1.165) is 22.4 Å². The number of thiophene rings is 1. The zero-order chi connectivity index (χ0) is 14.5. The molecule has 0 fully saturated rings. The first-order chi connectivity index (χ1) is 9.61. The first kappa shape index (κ1) is 14.3. The van der Waals surface area contributed by atoms with Crippen LogP contribution < -0.4 is 5.32 Å². The second kappa shape index (κ2) is 6.38. The molecule has 2 aromatic rings. The summed E-state index contributed by atoms with van der Waals surface area (Å²) in [6.07, 6.45) is 0. The molecule has 20 heavy (non-hydrogen) atoms. The molecule has 3 nitrogen and oxygen atoms in total. The van der Waals surface area contributed by atoms with E-state index in [-0.39, 0.29) is 12.5 Å². The van der Waals surface area contributed by atoms with Crippen molar-refractivity contribution < 1.29 is 9.90 Å². The molecule has 0 unspecified atom stereocenters. The number of carbonyl (C=O) groups excluding carboxylic acids is 1. The molecule has 0 atom stereocenters. The Hall–Kier alpha value is -2.09. The zero-order valence-corrected chi connectivity index (χ0v) is 12.2. The summed E-state index contributed by atoms with van der Waals surface area (Å²) in [5.74, 6) is 5.35. The van der Waals surface area contributed by atoms with Gasteiger partial charge in [0.15, 0.2) is 0 Å². The molecule has 1 aromatic carbocycles. The van der Waals surface area contributed by atoms with Crippen LogP contribution in [-0.4, -0.2) is 17.6 Å². The van der Waals surface area contributed by atoms with Crippen molar-refractivity contribution in [1.29, 1.82) is 0 Å². The number of anilines is 1. The topological polar surface area (TPSA) is 49.3 Å². The second-order valence-electron chi connectivity index (χ2n) is 4.41. The number of benzene rings is 1. The molecule has 0 saturated carbocycles. The average molecular weight is 285 g/mol. The van der Waals surface area contributed by atoms with Gasteiger partial charge in [-0.1, -0.05) is 11.8 Å². The van der Waals surface area contributed by atoms with Crippen LogP contribution >= 0.6 is 11.3 Å². The van der Waals surface area contributed by atoms with E-state index in [2.05, 4.69) is 17.2 Å². The Morgan fingerprint density at radius 2 is 2.10 bits per heavy atom. The van der Waals surface area contributed by atoms with Gasteiger partial charge in [-0.3, -0.25) is 4.79 Å². The van der Waals surface area contributed by atoms with Crippen molar-refractivity contribution in [2.24, 2.45) is 0 Å². The zero-order valence-electron chi connectivity index (χ0n) is 11.4. The summed E-state index contributed by atoms with van der Waals surface area (Å²) in [7, 11) is 0. The molecule has 0 spiro atoms. The fourth-order valence-corrected chi connectivity index (χ4v) is 2.63. The van der Waals surface area contributed by atoms with Crippen LogP contribution in [0.15, 0.2) is 29.0 Å². The Labute approximate surface area is 122 Å². The number of aliphatic hydroxyl groups is 1. The fraction of sp³-hybridized carbons (Fsp3) is 0.188. The Kier molecular flexibility index (Phi) is 4.57. The number of hydrogen-bond donors (Lipinski definition) is 2. The lowest BCUT2D eigenvalue weighted by Crippen LogP contribution is -2.13. The summed E-state index contributed by atoms with van der Waals surface area (Å²) >= 11 is 1.52. The van der Waals surface area contributed by atoms with E-state index in [1.807, 2.05) is 42.8 Å². The monoisotopic (exact) mass is 285 g/mol. The Morgan fingerprint density at radius 1 is 1.30 bits per heavy atom. The quantitative estimate of drug-likeness (QED) is 0.833. The van der Waals surface area contributed by atoms with Gasteiger partial charge < -0.3 is 10.4 Å². The van der Waals surface area contributed by atoms with Gasteiger partial charge in [-0.05, 0) is 48.6 Å². The van der Waals surface area contributed by atoms with Gasteiger partial charge in [0.2, 0.25) is 0 Å². The van der Waals surface area contributed by atoms with E-state index in [1.54, 1.807) is 0 Å². The molecule has 0 bridgehead atoms. The van der Waals surface area contributed by atoms with Crippen molar-refractivity contribution in [3.05, 3.63) is 51.2 Å². The minimum absolute atomic E-state index is 0.0963. The van der Waals surface area contributed by atoms with Gasteiger partial charge >= 0.3 is 0 Å². The summed E-state index contributed by atoms with van der Waals surface area (Å²) in [5.41, 5.74) is 4.22. The van der Waals surface area contributed by atoms with E-state index < -0.39 is 0 Å². The summed E-state index contributed by atoms with van der Waals surface area (Å²) in [6, 6.07) is 5.54. The maximum atomic E-state index is 12.1. The van der Waals surface area contributed by atoms with Gasteiger partial charge in [-0.2, -0.15) is 11.3 Å². The van der Waals surface area contributed by atoms with Crippen molar-refractivity contribution in [3.8, 4) is 11.8 Å². The summed E-state index contributed by atoms with van der Waals surface area (Å²) in [6.45, 7) is 3.68. The van der Waals surface area contributed by atoms with Crippen molar-refractivity contribution in [1.82, 2.24) is 0 Å². The van der Waals surface area contributed by atoms with E-state index >= 15 is 0 Å². The molecule has 0 saturated heterocycles. The van der Waals surface area contributed by atoms with Gasteiger partial charge in [0.25, 0.3) is 5.91 Å². The third kappa shape index (κ3) is 3.27. The maximum Gasteiger partial charge on any atom is 0.256 e. The van der Waals surface area contributed by atoms with Crippen LogP contribution in [0, 0.1) is 25.7 Å². The highest BCUT2D eigenvalue weighted by Gasteiger charge is 2.11. The molecular formula is C16H15NO2S. The molecule has 2 N–H and O–H groups in total. The smallest absolute Gasteiger partial charge is 0.256 e. The minimum atomic E-state index is -0.158. The SMILES string of the molecule is Cc1cc(C#CCO)ccc1NC(=O)c1cscc1C. The second-order valence-corrected chi connectivity index (χ2v) is 5.16. The molecule has 1 heterocycles. The van der Waals surface area contributed by atoms with Crippen molar-refractivity contribution >= 4 is 22.9 Å². The number of amides is 1. The van der Waals surface area contributed by atoms with E-state index in [0.29, 0.717) is 5.56 Å². The lowest BCUT2D eigenvalue weighted by atomic mass is 10.1. The van der Waals surface area contributed by atoms with Crippen molar-refractivity contribution in [3.63, 3.8) is 0 Å². The van der Waals surface area contributed by atoms with Gasteiger partial charge in [-0.25, -0.2) is 0 Å². The van der Waals surface area contributed by atoms with Crippen molar-refractivity contribution in [2.75, 3.05) is 11.9 Å². The maximum absolute atomic E-state index is 12.1. The van der Waals surface area contributed by atoms with Crippen molar-refractivity contribution in [2.45, 2.75) is 13.8 Å². The number of rotatable bonds is 2. The van der Waals surface area contributed by atoms with E-state index in [1.165, 1.54) is 11.3 Å². The third-order valence-electron chi connectivity index (χ3n) is 2.89. The highest BCUT2D eigenvalue weighted by atomic mass is 32.1. The van der Waals surface area contributed by atoms with Crippen LogP contribution in [0.4, 0.5) is 5.69 Å². The molecule has 0 aliphatic heterocycles. The number of aliphatic hydroxyl groups excluding tert-OH is 1. The standard InChI is InChI=1S/C16H15NO2S/c1-11-8-13(4-3-7-18)5-6-15(11)17-16(19)14-10-20-9-12(14)2/h5-6,8-10,18H,7H2,1-2H3,(H,17,19).